The maximum Gasteiger partial charge on any atom is 0.192 e. The monoisotopic (exact) mass is 223 g/mol. The van der Waals surface area contributed by atoms with Crippen molar-refractivity contribution < 1.29 is 4.57 Å². The van der Waals surface area contributed by atoms with Crippen molar-refractivity contribution in [1.82, 2.24) is 0 Å². The molecule has 1 rings (SSSR count). The molecule has 0 aliphatic rings. The Morgan fingerprint density at radius 1 is 1.00 bits per heavy atom. The van der Waals surface area contributed by atoms with Crippen LogP contribution < -0.4 is 21.8 Å². The van der Waals surface area contributed by atoms with Crippen molar-refractivity contribution in [3.8, 4) is 0 Å². The molecule has 0 atom stereocenters. The van der Waals surface area contributed by atoms with Gasteiger partial charge >= 0.3 is 0 Å². The largest absolute Gasteiger partial charge is 0.394 e. The van der Waals surface area contributed by atoms with Crippen molar-refractivity contribution in [2.24, 2.45) is 12.8 Å². The highest BCUT2D eigenvalue weighted by Crippen LogP contribution is 2.19. The number of anilines is 2. The molecular weight excluding hydrogens is 200 g/mol. The number of hydrogen-bond acceptors (Lipinski definition) is 3. The lowest BCUT2D eigenvalue weighted by Gasteiger charge is -2.07. The lowest BCUT2D eigenvalue weighted by molar-refractivity contribution is -0.670. The number of nitrogen functional groups attached to an aromatic ring is 2. The molecule has 1 heterocycles. The van der Waals surface area contributed by atoms with Crippen LogP contribution in [0.4, 0.5) is 11.4 Å². The summed E-state index contributed by atoms with van der Waals surface area (Å²) in [6, 6.07) is 0. The van der Waals surface area contributed by atoms with Crippen LogP contribution >= 0.6 is 0 Å². The van der Waals surface area contributed by atoms with Crippen molar-refractivity contribution in [2.45, 2.75) is 32.1 Å². The fourth-order valence-corrected chi connectivity index (χ4v) is 1.89. The Bertz CT molecular complexity index is 313. The van der Waals surface area contributed by atoms with Crippen LogP contribution in [0.5, 0.6) is 0 Å². The van der Waals surface area contributed by atoms with Crippen LogP contribution in [0.1, 0.15) is 31.2 Å². The van der Waals surface area contributed by atoms with Gasteiger partial charge < -0.3 is 17.2 Å². The standard InChI is InChI=1S/C12H23N4/c1-16-8-11(14)10(12(15)9-16)6-4-2-3-5-7-13/h8-9H,2-7,13-15H2,1H3/q+1. The molecule has 1 aromatic heterocycles. The molecule has 0 spiro atoms. The van der Waals surface area contributed by atoms with E-state index in [1.807, 2.05) is 24.0 Å². The number of unbranched alkanes of at least 4 members (excludes halogenated alkanes) is 3. The van der Waals surface area contributed by atoms with Crippen molar-refractivity contribution in [3.05, 3.63) is 18.0 Å². The van der Waals surface area contributed by atoms with Gasteiger partial charge in [0.25, 0.3) is 0 Å². The maximum atomic E-state index is 5.94. The van der Waals surface area contributed by atoms with E-state index in [2.05, 4.69) is 0 Å². The summed E-state index contributed by atoms with van der Waals surface area (Å²) in [5.41, 5.74) is 20.0. The molecule has 0 unspecified atom stereocenters. The van der Waals surface area contributed by atoms with Crippen LogP contribution in [0.3, 0.4) is 0 Å². The highest BCUT2D eigenvalue weighted by Gasteiger charge is 2.09. The Morgan fingerprint density at radius 2 is 1.56 bits per heavy atom. The van der Waals surface area contributed by atoms with E-state index in [0.29, 0.717) is 0 Å². The summed E-state index contributed by atoms with van der Waals surface area (Å²) in [5.74, 6) is 0. The van der Waals surface area contributed by atoms with Gasteiger partial charge in [-0.05, 0) is 25.8 Å². The molecule has 0 aromatic carbocycles. The number of nitrogens with two attached hydrogens (primary N) is 3. The Kier molecular flexibility index (Phi) is 5.05. The molecule has 4 heteroatoms. The lowest BCUT2D eigenvalue weighted by atomic mass is 10.0. The van der Waals surface area contributed by atoms with Crippen LogP contribution in [0, 0.1) is 0 Å². The number of pyridine rings is 1. The second-order valence-corrected chi connectivity index (χ2v) is 4.27. The number of nitrogens with zero attached hydrogens (tertiary/aromatic N) is 1. The average molecular weight is 223 g/mol. The third-order valence-corrected chi connectivity index (χ3v) is 2.76. The van der Waals surface area contributed by atoms with Gasteiger partial charge in [0, 0.05) is 5.56 Å². The van der Waals surface area contributed by atoms with Gasteiger partial charge in [0.2, 0.25) is 0 Å². The minimum atomic E-state index is 0.783. The number of aromatic nitrogens is 1. The van der Waals surface area contributed by atoms with Crippen LogP contribution in [-0.2, 0) is 13.5 Å². The molecule has 0 radical (unpaired) electrons. The fourth-order valence-electron chi connectivity index (χ4n) is 1.89. The van der Waals surface area contributed by atoms with E-state index in [1.165, 1.54) is 12.8 Å². The van der Waals surface area contributed by atoms with Crippen LogP contribution in [0.2, 0.25) is 0 Å². The zero-order valence-electron chi connectivity index (χ0n) is 10.1. The second-order valence-electron chi connectivity index (χ2n) is 4.27. The van der Waals surface area contributed by atoms with E-state index < -0.39 is 0 Å². The van der Waals surface area contributed by atoms with Crippen molar-refractivity contribution in [2.75, 3.05) is 18.0 Å². The maximum absolute atomic E-state index is 5.94. The zero-order valence-corrected chi connectivity index (χ0v) is 10.1. The van der Waals surface area contributed by atoms with E-state index in [-0.39, 0.29) is 0 Å². The van der Waals surface area contributed by atoms with Crippen LogP contribution in [0.25, 0.3) is 0 Å². The molecule has 0 saturated heterocycles. The molecule has 1 aromatic rings. The van der Waals surface area contributed by atoms with E-state index in [9.17, 15) is 0 Å². The number of rotatable bonds is 6. The van der Waals surface area contributed by atoms with Gasteiger partial charge in [-0.1, -0.05) is 12.8 Å². The molecule has 0 bridgehead atoms. The Balaban J connectivity index is 2.47. The quantitative estimate of drug-likeness (QED) is 0.491. The average Bonchev–Trinajstić information content (AvgIpc) is 2.20. The fraction of sp³-hybridized carbons (Fsp3) is 0.583. The SMILES string of the molecule is C[n+]1cc(N)c(CCCCCCN)c(N)c1. The lowest BCUT2D eigenvalue weighted by Crippen LogP contribution is -2.29. The summed E-state index contributed by atoms with van der Waals surface area (Å²) in [7, 11) is 1.93. The summed E-state index contributed by atoms with van der Waals surface area (Å²) < 4.78 is 1.89. The van der Waals surface area contributed by atoms with Gasteiger partial charge in [-0.15, -0.1) is 0 Å². The summed E-state index contributed by atoms with van der Waals surface area (Å²) in [6.45, 7) is 0.783. The van der Waals surface area contributed by atoms with Gasteiger partial charge in [0.1, 0.15) is 18.4 Å². The summed E-state index contributed by atoms with van der Waals surface area (Å²) >= 11 is 0. The van der Waals surface area contributed by atoms with E-state index in [0.717, 1.165) is 42.7 Å². The van der Waals surface area contributed by atoms with Gasteiger partial charge in [-0.2, -0.15) is 0 Å². The van der Waals surface area contributed by atoms with Gasteiger partial charge in [-0.25, -0.2) is 4.57 Å². The van der Waals surface area contributed by atoms with E-state index >= 15 is 0 Å². The number of aryl methyl sites for hydroxylation is 1. The van der Waals surface area contributed by atoms with Gasteiger partial charge in [0.15, 0.2) is 12.4 Å². The molecule has 0 fully saturated rings. The second kappa shape index (κ2) is 6.33. The molecule has 0 amide bonds. The predicted octanol–water partition coefficient (Wildman–Crippen LogP) is 0.737. The van der Waals surface area contributed by atoms with E-state index in [4.69, 9.17) is 17.2 Å². The minimum absolute atomic E-state index is 0.783. The van der Waals surface area contributed by atoms with Gasteiger partial charge in [0.05, 0.1) is 0 Å². The van der Waals surface area contributed by atoms with E-state index in [1.54, 1.807) is 0 Å². The first-order valence-corrected chi connectivity index (χ1v) is 5.88. The molecule has 6 N–H and O–H groups in total. The predicted molar refractivity (Wildman–Crippen MR) is 67.7 cm³/mol. The Hall–Kier alpha value is -1.29. The smallest absolute Gasteiger partial charge is 0.192 e. The van der Waals surface area contributed by atoms with Crippen molar-refractivity contribution >= 4 is 11.4 Å². The van der Waals surface area contributed by atoms with Crippen LogP contribution in [0.15, 0.2) is 12.4 Å². The van der Waals surface area contributed by atoms with Crippen molar-refractivity contribution in [3.63, 3.8) is 0 Å². The Labute approximate surface area is 97.4 Å². The normalized spacial score (nSPS) is 10.6. The molecule has 90 valence electrons. The zero-order chi connectivity index (χ0) is 12.0. The summed E-state index contributed by atoms with van der Waals surface area (Å²) in [4.78, 5) is 0. The first kappa shape index (κ1) is 12.8. The molecule has 4 nitrogen and oxygen atoms in total. The first-order valence-electron chi connectivity index (χ1n) is 5.88. The van der Waals surface area contributed by atoms with Gasteiger partial charge in [-0.3, -0.25) is 0 Å². The highest BCUT2D eigenvalue weighted by atomic mass is 14.9. The first-order chi connectivity index (χ1) is 7.65. The van der Waals surface area contributed by atoms with Crippen molar-refractivity contribution in [1.29, 1.82) is 0 Å². The highest BCUT2D eigenvalue weighted by molar-refractivity contribution is 5.57. The molecule has 0 saturated carbocycles. The molecule has 16 heavy (non-hydrogen) atoms. The minimum Gasteiger partial charge on any atom is -0.394 e. The summed E-state index contributed by atoms with van der Waals surface area (Å²) in [6.07, 6.45) is 9.39. The molecular formula is C12H23N4+. The van der Waals surface area contributed by atoms with Crippen LogP contribution in [-0.4, -0.2) is 6.54 Å². The Morgan fingerprint density at radius 3 is 2.12 bits per heavy atom. The summed E-state index contributed by atoms with van der Waals surface area (Å²) in [5, 5.41) is 0. The topological polar surface area (TPSA) is 81.9 Å². The number of hydrogen-bond donors (Lipinski definition) is 3. The molecule has 0 aliphatic heterocycles. The third-order valence-electron chi connectivity index (χ3n) is 2.76. The third kappa shape index (κ3) is 3.70. The molecule has 0 aliphatic carbocycles.